The molecule has 6 nitrogen and oxygen atoms in total. The molecule has 3 aromatic carbocycles. The summed E-state index contributed by atoms with van der Waals surface area (Å²) in [5, 5.41) is 4.10. The molecule has 1 atom stereocenters. The zero-order valence-corrected chi connectivity index (χ0v) is 18.7. The van der Waals surface area contributed by atoms with Crippen molar-refractivity contribution in [1.29, 1.82) is 0 Å². The number of nitrogens with one attached hydrogen (secondary N) is 1. The highest BCUT2D eigenvalue weighted by molar-refractivity contribution is 6.31. The van der Waals surface area contributed by atoms with Crippen LogP contribution in [0.1, 0.15) is 34.6 Å². The number of nitrogens with zero attached hydrogens (tertiary/aromatic N) is 3. The highest BCUT2D eigenvalue weighted by atomic mass is 35.5. The molecule has 0 aliphatic rings. The topological polar surface area (TPSA) is 68.4 Å². The number of carbonyl (C=O) groups is 1. The molecule has 0 bridgehead atoms. The van der Waals surface area contributed by atoms with Gasteiger partial charge in [-0.1, -0.05) is 72.3 Å². The summed E-state index contributed by atoms with van der Waals surface area (Å²) in [6.45, 7) is 2.16. The van der Waals surface area contributed by atoms with E-state index in [4.69, 9.17) is 11.6 Å². The number of benzene rings is 3. The number of hydrogen-bond acceptors (Lipinski definition) is 3. The van der Waals surface area contributed by atoms with Crippen molar-refractivity contribution in [2.24, 2.45) is 0 Å². The summed E-state index contributed by atoms with van der Waals surface area (Å²) in [5.74, 6) is 0.0759. The van der Waals surface area contributed by atoms with Gasteiger partial charge >= 0.3 is 0 Å². The van der Waals surface area contributed by atoms with Gasteiger partial charge in [0.2, 0.25) is 5.78 Å². The van der Waals surface area contributed by atoms with Gasteiger partial charge < -0.3 is 5.32 Å². The van der Waals surface area contributed by atoms with Gasteiger partial charge in [0.25, 0.3) is 11.5 Å². The third kappa shape index (κ3) is 3.90. The van der Waals surface area contributed by atoms with Crippen molar-refractivity contribution >= 4 is 34.2 Å². The van der Waals surface area contributed by atoms with Crippen LogP contribution < -0.4 is 10.9 Å². The van der Waals surface area contributed by atoms with E-state index in [9.17, 15) is 9.59 Å². The van der Waals surface area contributed by atoms with Gasteiger partial charge in [-0.25, -0.2) is 4.98 Å². The molecule has 2 heterocycles. The van der Waals surface area contributed by atoms with Crippen LogP contribution in [0.3, 0.4) is 0 Å². The fourth-order valence-electron chi connectivity index (χ4n) is 3.98. The Morgan fingerprint density at radius 2 is 1.70 bits per heavy atom. The van der Waals surface area contributed by atoms with Gasteiger partial charge in [-0.15, -0.1) is 0 Å². The first-order valence-corrected chi connectivity index (χ1v) is 11.0. The van der Waals surface area contributed by atoms with E-state index < -0.39 is 0 Å². The number of hydrogen-bond donors (Lipinski definition) is 1. The number of rotatable bonds is 5. The SMILES string of the molecule is C[C@@H](NC(=O)c1cn2c3ccccc3c(=O)n(Cc3ccccc3Cl)c2n1)c1ccccc1. The molecular formula is C26H21ClN4O2. The number of fused-ring (bicyclic) bond motifs is 3. The van der Waals surface area contributed by atoms with E-state index in [0.717, 1.165) is 11.1 Å². The third-order valence-corrected chi connectivity index (χ3v) is 6.10. The van der Waals surface area contributed by atoms with E-state index >= 15 is 0 Å². The second-order valence-corrected chi connectivity index (χ2v) is 8.31. The molecule has 1 amide bonds. The van der Waals surface area contributed by atoms with Gasteiger partial charge in [-0.05, 0) is 36.2 Å². The lowest BCUT2D eigenvalue weighted by atomic mass is 10.1. The summed E-state index contributed by atoms with van der Waals surface area (Å²) < 4.78 is 3.34. The van der Waals surface area contributed by atoms with Crippen molar-refractivity contribution in [3.63, 3.8) is 0 Å². The molecule has 5 rings (SSSR count). The average molecular weight is 457 g/mol. The Morgan fingerprint density at radius 3 is 2.48 bits per heavy atom. The van der Waals surface area contributed by atoms with Crippen LogP contribution in [0.15, 0.2) is 89.9 Å². The average Bonchev–Trinajstić information content (AvgIpc) is 3.29. The van der Waals surface area contributed by atoms with Gasteiger partial charge in [0, 0.05) is 11.2 Å². The van der Waals surface area contributed by atoms with Crippen LogP contribution in [-0.2, 0) is 6.54 Å². The van der Waals surface area contributed by atoms with E-state index in [1.807, 2.05) is 73.7 Å². The second kappa shape index (κ2) is 8.56. The van der Waals surface area contributed by atoms with Crippen LogP contribution in [0.5, 0.6) is 0 Å². The minimum Gasteiger partial charge on any atom is -0.344 e. The first-order valence-electron chi connectivity index (χ1n) is 10.6. The Bertz CT molecular complexity index is 1540. The molecule has 0 unspecified atom stereocenters. The largest absolute Gasteiger partial charge is 0.344 e. The molecule has 0 aliphatic heterocycles. The first kappa shape index (κ1) is 21.0. The van der Waals surface area contributed by atoms with Gasteiger partial charge in [0.05, 0.1) is 23.5 Å². The standard InChI is InChI=1S/C26H21ClN4O2/c1-17(18-9-3-2-4-10-18)28-24(32)22-16-30-23-14-8-6-12-20(23)25(33)31(26(30)29-22)15-19-11-5-7-13-21(19)27/h2-14,16-17H,15H2,1H3,(H,28,32)/t17-/m1/s1. The molecule has 0 saturated carbocycles. The summed E-state index contributed by atoms with van der Waals surface area (Å²) in [4.78, 5) is 31.0. The van der Waals surface area contributed by atoms with E-state index in [1.54, 1.807) is 27.3 Å². The molecule has 2 aromatic heterocycles. The number of aromatic nitrogens is 3. The smallest absolute Gasteiger partial charge is 0.272 e. The predicted octanol–water partition coefficient (Wildman–Crippen LogP) is 4.84. The molecule has 33 heavy (non-hydrogen) atoms. The fourth-order valence-corrected chi connectivity index (χ4v) is 4.18. The van der Waals surface area contributed by atoms with Gasteiger partial charge in [-0.2, -0.15) is 0 Å². The van der Waals surface area contributed by atoms with Crippen LogP contribution in [0.25, 0.3) is 16.7 Å². The zero-order chi connectivity index (χ0) is 22.9. The molecule has 5 aromatic rings. The molecule has 0 radical (unpaired) electrons. The Hall–Kier alpha value is -3.90. The van der Waals surface area contributed by atoms with Crippen LogP contribution in [-0.4, -0.2) is 19.9 Å². The van der Waals surface area contributed by atoms with E-state index in [0.29, 0.717) is 21.7 Å². The molecular weight excluding hydrogens is 436 g/mol. The number of amides is 1. The third-order valence-electron chi connectivity index (χ3n) is 5.73. The van der Waals surface area contributed by atoms with Crippen LogP contribution in [0, 0.1) is 0 Å². The minimum absolute atomic E-state index is 0.187. The van der Waals surface area contributed by atoms with Crippen molar-refractivity contribution in [3.05, 3.63) is 117 Å². The molecule has 164 valence electrons. The summed E-state index contributed by atoms with van der Waals surface area (Å²) in [6.07, 6.45) is 1.67. The highest BCUT2D eigenvalue weighted by Crippen LogP contribution is 2.20. The molecule has 1 N–H and O–H groups in total. The van der Waals surface area contributed by atoms with E-state index in [1.165, 1.54) is 0 Å². The van der Waals surface area contributed by atoms with Crippen molar-refractivity contribution in [1.82, 2.24) is 19.3 Å². The maximum atomic E-state index is 13.4. The Morgan fingerprint density at radius 1 is 1.00 bits per heavy atom. The predicted molar refractivity (Wildman–Crippen MR) is 130 cm³/mol. The van der Waals surface area contributed by atoms with Gasteiger partial charge in [0.1, 0.15) is 5.69 Å². The molecule has 7 heteroatoms. The lowest BCUT2D eigenvalue weighted by molar-refractivity contribution is 0.0935. The Labute approximate surface area is 195 Å². The number of halogens is 1. The summed E-state index contributed by atoms with van der Waals surface area (Å²) in [6, 6.07) is 24.2. The number of carbonyl (C=O) groups excluding carboxylic acids is 1. The van der Waals surface area contributed by atoms with Crippen molar-refractivity contribution in [2.75, 3.05) is 0 Å². The minimum atomic E-state index is -0.309. The van der Waals surface area contributed by atoms with E-state index in [2.05, 4.69) is 10.3 Å². The lowest BCUT2D eigenvalue weighted by Crippen LogP contribution is -2.27. The molecule has 0 fully saturated rings. The highest BCUT2D eigenvalue weighted by Gasteiger charge is 2.19. The zero-order valence-electron chi connectivity index (χ0n) is 17.9. The summed E-state index contributed by atoms with van der Waals surface area (Å²) in [7, 11) is 0. The van der Waals surface area contributed by atoms with Crippen LogP contribution in [0.4, 0.5) is 0 Å². The molecule has 0 saturated heterocycles. The number of imidazole rings is 1. The summed E-state index contributed by atoms with van der Waals surface area (Å²) >= 11 is 6.36. The Kier molecular flexibility index (Phi) is 5.44. The lowest BCUT2D eigenvalue weighted by Gasteiger charge is -2.13. The normalized spacial score (nSPS) is 12.2. The summed E-state index contributed by atoms with van der Waals surface area (Å²) in [5.41, 5.74) is 2.53. The van der Waals surface area contributed by atoms with Crippen molar-refractivity contribution in [3.8, 4) is 0 Å². The number of para-hydroxylation sites is 1. The first-order chi connectivity index (χ1) is 16.0. The van der Waals surface area contributed by atoms with Crippen LogP contribution in [0.2, 0.25) is 5.02 Å². The quantitative estimate of drug-likeness (QED) is 0.411. The molecule has 0 spiro atoms. The van der Waals surface area contributed by atoms with Crippen molar-refractivity contribution in [2.45, 2.75) is 19.5 Å². The van der Waals surface area contributed by atoms with Crippen LogP contribution >= 0.6 is 11.6 Å². The fraction of sp³-hybridized carbons (Fsp3) is 0.115. The Balaban J connectivity index is 1.61. The van der Waals surface area contributed by atoms with Gasteiger partial charge in [0.15, 0.2) is 0 Å². The second-order valence-electron chi connectivity index (χ2n) is 7.90. The maximum Gasteiger partial charge on any atom is 0.272 e. The molecule has 0 aliphatic carbocycles. The van der Waals surface area contributed by atoms with Crippen molar-refractivity contribution < 1.29 is 4.79 Å². The maximum absolute atomic E-state index is 13.4. The monoisotopic (exact) mass is 456 g/mol. The van der Waals surface area contributed by atoms with Gasteiger partial charge in [-0.3, -0.25) is 18.6 Å². The van der Waals surface area contributed by atoms with E-state index in [-0.39, 0.29) is 29.7 Å².